The van der Waals surface area contributed by atoms with Gasteiger partial charge in [0.05, 0.1) is 13.2 Å². The minimum absolute atomic E-state index is 0.130. The van der Waals surface area contributed by atoms with Crippen LogP contribution in [0.4, 0.5) is 5.69 Å². The number of phenols is 2. The van der Waals surface area contributed by atoms with Crippen molar-refractivity contribution in [2.24, 2.45) is 0 Å². The number of rotatable bonds is 4. The van der Waals surface area contributed by atoms with Crippen molar-refractivity contribution >= 4 is 5.69 Å². The Morgan fingerprint density at radius 2 is 1.85 bits per heavy atom. The van der Waals surface area contributed by atoms with Crippen LogP contribution in [0.2, 0.25) is 0 Å². The van der Waals surface area contributed by atoms with Crippen LogP contribution >= 0.6 is 0 Å². The molecule has 3 N–H and O–H groups in total. The molecule has 0 saturated heterocycles. The normalized spacial score (nSPS) is 11.9. The maximum absolute atomic E-state index is 9.86. The second kappa shape index (κ2) is 5.74. The van der Waals surface area contributed by atoms with Gasteiger partial charge in [-0.2, -0.15) is 0 Å². The summed E-state index contributed by atoms with van der Waals surface area (Å²) < 4.78 is 5.17. The zero-order valence-corrected chi connectivity index (χ0v) is 11.8. The molecule has 0 heterocycles. The molecule has 0 aliphatic rings. The molecule has 0 fully saturated rings. The second-order valence-corrected chi connectivity index (χ2v) is 4.79. The van der Waals surface area contributed by atoms with Gasteiger partial charge in [0.15, 0.2) is 0 Å². The van der Waals surface area contributed by atoms with E-state index in [4.69, 9.17) is 4.74 Å². The smallest absolute Gasteiger partial charge is 0.121 e. The van der Waals surface area contributed by atoms with Gasteiger partial charge in [-0.25, -0.2) is 0 Å². The summed E-state index contributed by atoms with van der Waals surface area (Å²) in [6, 6.07) is 10.1. The molecule has 2 aromatic carbocycles. The van der Waals surface area contributed by atoms with E-state index in [-0.39, 0.29) is 17.5 Å². The zero-order chi connectivity index (χ0) is 14.7. The minimum Gasteiger partial charge on any atom is -0.508 e. The summed E-state index contributed by atoms with van der Waals surface area (Å²) in [5, 5.41) is 22.7. The van der Waals surface area contributed by atoms with Crippen molar-refractivity contribution in [2.45, 2.75) is 19.9 Å². The number of aryl methyl sites for hydroxylation is 1. The number of ether oxygens (including phenoxy) is 1. The highest BCUT2D eigenvalue weighted by molar-refractivity contribution is 5.56. The van der Waals surface area contributed by atoms with Crippen LogP contribution in [0, 0.1) is 6.92 Å². The monoisotopic (exact) mass is 273 g/mol. The van der Waals surface area contributed by atoms with Gasteiger partial charge in [-0.15, -0.1) is 0 Å². The van der Waals surface area contributed by atoms with E-state index in [2.05, 4.69) is 5.32 Å². The third-order valence-electron chi connectivity index (χ3n) is 3.28. The van der Waals surface area contributed by atoms with Gasteiger partial charge < -0.3 is 20.3 Å². The summed E-state index contributed by atoms with van der Waals surface area (Å²) in [5.41, 5.74) is 2.66. The van der Waals surface area contributed by atoms with Gasteiger partial charge in [0.1, 0.15) is 17.2 Å². The molecule has 4 nitrogen and oxygen atoms in total. The van der Waals surface area contributed by atoms with Crippen LogP contribution in [0.15, 0.2) is 36.4 Å². The van der Waals surface area contributed by atoms with Gasteiger partial charge in [0, 0.05) is 11.3 Å². The van der Waals surface area contributed by atoms with E-state index in [1.807, 2.05) is 32.0 Å². The third kappa shape index (κ3) is 2.96. The van der Waals surface area contributed by atoms with Crippen LogP contribution in [0.25, 0.3) is 0 Å². The molecule has 0 aliphatic heterocycles. The number of methoxy groups -OCH3 is 1. The lowest BCUT2D eigenvalue weighted by Gasteiger charge is -2.19. The van der Waals surface area contributed by atoms with E-state index in [1.165, 1.54) is 12.1 Å². The molecule has 0 bridgehead atoms. The zero-order valence-electron chi connectivity index (χ0n) is 11.8. The lowest BCUT2D eigenvalue weighted by molar-refractivity contribution is 0.414. The third-order valence-corrected chi connectivity index (χ3v) is 3.28. The Labute approximate surface area is 118 Å². The van der Waals surface area contributed by atoms with E-state index < -0.39 is 0 Å². The molecule has 20 heavy (non-hydrogen) atoms. The van der Waals surface area contributed by atoms with E-state index >= 15 is 0 Å². The summed E-state index contributed by atoms with van der Waals surface area (Å²) in [6.07, 6.45) is 0. The predicted molar refractivity (Wildman–Crippen MR) is 79.5 cm³/mol. The lowest BCUT2D eigenvalue weighted by atomic mass is 10.1. The largest absolute Gasteiger partial charge is 0.508 e. The average molecular weight is 273 g/mol. The Kier molecular flexibility index (Phi) is 4.03. The fourth-order valence-electron chi connectivity index (χ4n) is 2.12. The maximum Gasteiger partial charge on any atom is 0.121 e. The van der Waals surface area contributed by atoms with Crippen LogP contribution in [0.3, 0.4) is 0 Å². The molecule has 2 aromatic rings. The standard InChI is InChI=1S/C16H19NO3/c1-10-8-13(20-3)5-6-15(10)17-11(2)14-9-12(18)4-7-16(14)19/h4-9,11,17-19H,1-3H3. The molecule has 0 aliphatic carbocycles. The van der Waals surface area contributed by atoms with Crippen molar-refractivity contribution in [1.29, 1.82) is 0 Å². The summed E-state index contributed by atoms with van der Waals surface area (Å²) >= 11 is 0. The fourth-order valence-corrected chi connectivity index (χ4v) is 2.12. The van der Waals surface area contributed by atoms with E-state index in [0.29, 0.717) is 5.56 Å². The number of hydrogen-bond donors (Lipinski definition) is 3. The van der Waals surface area contributed by atoms with E-state index in [9.17, 15) is 10.2 Å². The summed E-state index contributed by atoms with van der Waals surface area (Å²) in [6.45, 7) is 3.91. The fraction of sp³-hybridized carbons (Fsp3) is 0.250. The van der Waals surface area contributed by atoms with Crippen LogP contribution in [0.1, 0.15) is 24.1 Å². The SMILES string of the molecule is COc1ccc(NC(C)c2cc(O)ccc2O)c(C)c1. The van der Waals surface area contributed by atoms with Crippen molar-refractivity contribution in [3.63, 3.8) is 0 Å². The topological polar surface area (TPSA) is 61.7 Å². The molecule has 0 radical (unpaired) electrons. The van der Waals surface area contributed by atoms with Crippen molar-refractivity contribution in [1.82, 2.24) is 0 Å². The van der Waals surface area contributed by atoms with Gasteiger partial charge in [0.2, 0.25) is 0 Å². The Hall–Kier alpha value is -2.36. The van der Waals surface area contributed by atoms with Gasteiger partial charge in [-0.3, -0.25) is 0 Å². The molecule has 0 amide bonds. The Morgan fingerprint density at radius 1 is 1.10 bits per heavy atom. The first-order valence-corrected chi connectivity index (χ1v) is 6.44. The number of aromatic hydroxyl groups is 2. The first kappa shape index (κ1) is 14.1. The van der Waals surface area contributed by atoms with Crippen LogP contribution in [-0.2, 0) is 0 Å². The average Bonchev–Trinajstić information content (AvgIpc) is 2.43. The van der Waals surface area contributed by atoms with Gasteiger partial charge in [-0.05, 0) is 55.8 Å². The number of phenolic OH excluding ortho intramolecular Hbond substituents is 2. The Morgan fingerprint density at radius 3 is 2.50 bits per heavy atom. The molecular weight excluding hydrogens is 254 g/mol. The molecule has 0 saturated carbocycles. The Balaban J connectivity index is 2.23. The summed E-state index contributed by atoms with van der Waals surface area (Å²) in [7, 11) is 1.63. The van der Waals surface area contributed by atoms with Crippen LogP contribution in [0.5, 0.6) is 17.2 Å². The number of anilines is 1. The molecule has 2 rings (SSSR count). The summed E-state index contributed by atoms with van der Waals surface area (Å²) in [4.78, 5) is 0. The molecule has 106 valence electrons. The van der Waals surface area contributed by atoms with Crippen LogP contribution < -0.4 is 10.1 Å². The first-order chi connectivity index (χ1) is 9.51. The quantitative estimate of drug-likeness (QED) is 0.745. The van der Waals surface area contributed by atoms with Crippen molar-refractivity contribution in [2.75, 3.05) is 12.4 Å². The number of hydrogen-bond acceptors (Lipinski definition) is 4. The molecule has 0 aromatic heterocycles. The highest BCUT2D eigenvalue weighted by Gasteiger charge is 2.12. The van der Waals surface area contributed by atoms with Crippen molar-refractivity contribution < 1.29 is 14.9 Å². The van der Waals surface area contributed by atoms with Gasteiger partial charge >= 0.3 is 0 Å². The molecular formula is C16H19NO3. The van der Waals surface area contributed by atoms with Crippen molar-refractivity contribution in [3.05, 3.63) is 47.5 Å². The van der Waals surface area contributed by atoms with E-state index in [0.717, 1.165) is 17.0 Å². The second-order valence-electron chi connectivity index (χ2n) is 4.79. The lowest BCUT2D eigenvalue weighted by Crippen LogP contribution is -2.08. The molecule has 1 atom stereocenters. The molecule has 4 heteroatoms. The first-order valence-electron chi connectivity index (χ1n) is 6.44. The maximum atomic E-state index is 9.86. The van der Waals surface area contributed by atoms with Crippen molar-refractivity contribution in [3.8, 4) is 17.2 Å². The molecule has 1 unspecified atom stereocenters. The Bertz CT molecular complexity index is 611. The predicted octanol–water partition coefficient (Wildman–Crippen LogP) is 3.59. The molecule has 0 spiro atoms. The summed E-state index contributed by atoms with van der Waals surface area (Å²) in [5.74, 6) is 1.10. The van der Waals surface area contributed by atoms with Gasteiger partial charge in [0.25, 0.3) is 0 Å². The number of nitrogens with one attached hydrogen (secondary N) is 1. The highest BCUT2D eigenvalue weighted by Crippen LogP contribution is 2.31. The highest BCUT2D eigenvalue weighted by atomic mass is 16.5. The minimum atomic E-state index is -0.130. The van der Waals surface area contributed by atoms with Gasteiger partial charge in [-0.1, -0.05) is 0 Å². The van der Waals surface area contributed by atoms with E-state index in [1.54, 1.807) is 13.2 Å². The number of benzene rings is 2. The van der Waals surface area contributed by atoms with Crippen LogP contribution in [-0.4, -0.2) is 17.3 Å².